The van der Waals surface area contributed by atoms with E-state index in [9.17, 15) is 13.2 Å². The van der Waals surface area contributed by atoms with Gasteiger partial charge in [-0.05, 0) is 44.4 Å². The molecule has 7 heteroatoms. The van der Waals surface area contributed by atoms with Gasteiger partial charge in [-0.3, -0.25) is 4.79 Å². The Morgan fingerprint density at radius 1 is 1.21 bits per heavy atom. The molecule has 0 aromatic carbocycles. The van der Waals surface area contributed by atoms with Gasteiger partial charge in [-0.1, -0.05) is 6.92 Å². The topological polar surface area (TPSA) is 66.9 Å². The van der Waals surface area contributed by atoms with Gasteiger partial charge >= 0.3 is 0 Å². The average molecular weight is 359 g/mol. The van der Waals surface area contributed by atoms with Crippen molar-refractivity contribution in [2.24, 2.45) is 11.8 Å². The molecule has 2 aliphatic heterocycles. The van der Waals surface area contributed by atoms with Gasteiger partial charge in [-0.15, -0.1) is 0 Å². The van der Waals surface area contributed by atoms with Crippen molar-refractivity contribution >= 4 is 15.9 Å². The zero-order chi connectivity index (χ0) is 17.5. The molecule has 0 bridgehead atoms. The predicted molar refractivity (Wildman–Crippen MR) is 92.0 cm³/mol. The standard InChI is InChI=1S/C17H30N2O4S/c1-13-10-14(11-13)16(20)18-8-6-17(7-9-18)5-4-15(12-23-2)19(17)24(3,21)22/h13-15H,4-12H2,1-3H3. The van der Waals surface area contributed by atoms with E-state index in [4.69, 9.17) is 4.74 Å². The van der Waals surface area contributed by atoms with Crippen LogP contribution in [0.5, 0.6) is 0 Å². The van der Waals surface area contributed by atoms with Crippen LogP contribution >= 0.6 is 0 Å². The highest BCUT2D eigenvalue weighted by molar-refractivity contribution is 7.88. The lowest BCUT2D eigenvalue weighted by molar-refractivity contribution is -0.141. The van der Waals surface area contributed by atoms with Crippen LogP contribution < -0.4 is 0 Å². The number of hydrogen-bond donors (Lipinski definition) is 0. The van der Waals surface area contributed by atoms with Gasteiger partial charge in [0, 0.05) is 37.7 Å². The summed E-state index contributed by atoms with van der Waals surface area (Å²) < 4.78 is 31.7. The van der Waals surface area contributed by atoms with Crippen LogP contribution in [0.15, 0.2) is 0 Å². The van der Waals surface area contributed by atoms with Crippen LogP contribution in [-0.4, -0.2) is 68.2 Å². The monoisotopic (exact) mass is 358 g/mol. The molecule has 3 fully saturated rings. The molecule has 1 saturated carbocycles. The summed E-state index contributed by atoms with van der Waals surface area (Å²) in [6, 6.07) is -0.0697. The first-order valence-corrected chi connectivity index (χ1v) is 10.9. The van der Waals surface area contributed by atoms with Gasteiger partial charge in [-0.2, -0.15) is 4.31 Å². The van der Waals surface area contributed by atoms with Crippen molar-refractivity contribution in [3.05, 3.63) is 0 Å². The second kappa shape index (κ2) is 6.57. The Kier molecular flexibility index (Phi) is 4.97. The summed E-state index contributed by atoms with van der Waals surface area (Å²) in [7, 11) is -1.67. The number of carbonyl (C=O) groups excluding carboxylic acids is 1. The van der Waals surface area contributed by atoms with Crippen molar-refractivity contribution in [2.45, 2.75) is 57.0 Å². The van der Waals surface area contributed by atoms with Crippen molar-refractivity contribution in [3.8, 4) is 0 Å². The number of nitrogens with zero attached hydrogens (tertiary/aromatic N) is 2. The lowest BCUT2D eigenvalue weighted by atomic mass is 9.75. The highest BCUT2D eigenvalue weighted by atomic mass is 32.2. The molecule has 3 rings (SSSR count). The number of methoxy groups -OCH3 is 1. The summed E-state index contributed by atoms with van der Waals surface area (Å²) in [6.45, 7) is 3.98. The van der Waals surface area contributed by atoms with E-state index in [1.54, 1.807) is 11.4 Å². The summed E-state index contributed by atoms with van der Waals surface area (Å²) in [5.74, 6) is 1.14. The lowest BCUT2D eigenvalue weighted by Gasteiger charge is -2.46. The Morgan fingerprint density at radius 2 is 1.83 bits per heavy atom. The molecule has 1 aliphatic carbocycles. The number of hydrogen-bond acceptors (Lipinski definition) is 4. The second-order valence-electron chi connectivity index (χ2n) is 8.03. The van der Waals surface area contributed by atoms with Crippen molar-refractivity contribution in [1.29, 1.82) is 0 Å². The van der Waals surface area contributed by atoms with E-state index in [2.05, 4.69) is 6.92 Å². The Balaban J connectivity index is 1.68. The molecule has 0 radical (unpaired) electrons. The van der Waals surface area contributed by atoms with Crippen LogP contribution in [0.2, 0.25) is 0 Å². The van der Waals surface area contributed by atoms with Gasteiger partial charge in [0.25, 0.3) is 0 Å². The lowest BCUT2D eigenvalue weighted by Crippen LogP contribution is -2.58. The molecule has 2 saturated heterocycles. The fourth-order valence-corrected chi connectivity index (χ4v) is 6.68. The average Bonchev–Trinajstić information content (AvgIpc) is 2.83. The minimum atomic E-state index is -3.29. The highest BCUT2D eigenvalue weighted by Gasteiger charge is 2.52. The number of likely N-dealkylation sites (tertiary alicyclic amines) is 1. The maximum absolute atomic E-state index is 12.5. The number of carbonyl (C=O) groups is 1. The SMILES string of the molecule is COCC1CCC2(CCN(C(=O)C3CC(C)C3)CC2)N1S(C)(=O)=O. The van der Waals surface area contributed by atoms with E-state index in [1.165, 1.54) is 6.26 Å². The molecule has 1 amide bonds. The molecule has 1 unspecified atom stereocenters. The summed E-state index contributed by atoms with van der Waals surface area (Å²) in [4.78, 5) is 14.5. The molecule has 6 nitrogen and oxygen atoms in total. The van der Waals surface area contributed by atoms with Gasteiger partial charge in [0.15, 0.2) is 0 Å². The van der Waals surface area contributed by atoms with Gasteiger partial charge in [0.1, 0.15) is 0 Å². The molecule has 24 heavy (non-hydrogen) atoms. The number of sulfonamides is 1. The molecule has 3 aliphatic rings. The van der Waals surface area contributed by atoms with Crippen molar-refractivity contribution in [2.75, 3.05) is 33.1 Å². The number of ether oxygens (including phenoxy) is 1. The Labute approximate surface area is 145 Å². The molecule has 0 N–H and O–H groups in total. The summed E-state index contributed by atoms with van der Waals surface area (Å²) in [5.41, 5.74) is -0.319. The first kappa shape index (κ1) is 18.1. The summed E-state index contributed by atoms with van der Waals surface area (Å²) >= 11 is 0. The minimum Gasteiger partial charge on any atom is -0.383 e. The fraction of sp³-hybridized carbons (Fsp3) is 0.941. The third-order valence-electron chi connectivity index (χ3n) is 6.19. The second-order valence-corrected chi connectivity index (χ2v) is 9.89. The molecular weight excluding hydrogens is 328 g/mol. The molecule has 0 aromatic heterocycles. The van der Waals surface area contributed by atoms with Crippen LogP contribution in [0, 0.1) is 11.8 Å². The minimum absolute atomic E-state index is 0.0697. The Hall–Kier alpha value is -0.660. The zero-order valence-corrected chi connectivity index (χ0v) is 15.8. The maximum Gasteiger partial charge on any atom is 0.225 e. The van der Waals surface area contributed by atoms with Crippen LogP contribution in [0.25, 0.3) is 0 Å². The first-order chi connectivity index (χ1) is 11.3. The van der Waals surface area contributed by atoms with E-state index in [0.29, 0.717) is 25.6 Å². The normalized spacial score (nSPS) is 33.6. The van der Waals surface area contributed by atoms with E-state index >= 15 is 0 Å². The van der Waals surface area contributed by atoms with Crippen LogP contribution in [0.4, 0.5) is 0 Å². The summed E-state index contributed by atoms with van der Waals surface area (Å²) in [6.07, 6.45) is 6.52. The number of amides is 1. The van der Waals surface area contributed by atoms with E-state index < -0.39 is 10.0 Å². The third kappa shape index (κ3) is 3.22. The number of piperidine rings is 1. The smallest absolute Gasteiger partial charge is 0.225 e. The van der Waals surface area contributed by atoms with Gasteiger partial charge < -0.3 is 9.64 Å². The van der Waals surface area contributed by atoms with Crippen LogP contribution in [-0.2, 0) is 19.6 Å². The van der Waals surface area contributed by atoms with E-state index in [0.717, 1.165) is 38.5 Å². The molecule has 138 valence electrons. The third-order valence-corrected chi connectivity index (χ3v) is 7.59. The quantitative estimate of drug-likeness (QED) is 0.763. The first-order valence-electron chi connectivity index (χ1n) is 9.04. The van der Waals surface area contributed by atoms with Crippen LogP contribution in [0.1, 0.15) is 45.4 Å². The molecule has 2 heterocycles. The highest BCUT2D eigenvalue weighted by Crippen LogP contribution is 2.44. The predicted octanol–water partition coefficient (Wildman–Crippen LogP) is 1.46. The van der Waals surface area contributed by atoms with Crippen molar-refractivity contribution in [1.82, 2.24) is 9.21 Å². The molecular formula is C17H30N2O4S. The molecule has 1 atom stereocenters. The maximum atomic E-state index is 12.5. The molecule has 0 aromatic rings. The molecule has 1 spiro atoms. The largest absolute Gasteiger partial charge is 0.383 e. The Bertz CT molecular complexity index is 577. The zero-order valence-electron chi connectivity index (χ0n) is 15.0. The fourth-order valence-electron chi connectivity index (χ4n) is 4.99. The van der Waals surface area contributed by atoms with E-state index in [-0.39, 0.29) is 23.4 Å². The van der Waals surface area contributed by atoms with Gasteiger partial charge in [-0.25, -0.2) is 8.42 Å². The van der Waals surface area contributed by atoms with Gasteiger partial charge in [0.2, 0.25) is 15.9 Å². The van der Waals surface area contributed by atoms with E-state index in [1.807, 2.05) is 4.90 Å². The van der Waals surface area contributed by atoms with Crippen LogP contribution in [0.3, 0.4) is 0 Å². The van der Waals surface area contributed by atoms with Gasteiger partial charge in [0.05, 0.1) is 12.9 Å². The Morgan fingerprint density at radius 3 is 2.33 bits per heavy atom. The number of rotatable bonds is 4. The summed E-state index contributed by atoms with van der Waals surface area (Å²) in [5, 5.41) is 0. The van der Waals surface area contributed by atoms with Crippen molar-refractivity contribution < 1.29 is 17.9 Å². The van der Waals surface area contributed by atoms with Crippen molar-refractivity contribution in [3.63, 3.8) is 0 Å².